The summed E-state index contributed by atoms with van der Waals surface area (Å²) in [6.07, 6.45) is 2.28. The van der Waals surface area contributed by atoms with Gasteiger partial charge in [-0.15, -0.1) is 0 Å². The molecule has 0 aliphatic carbocycles. The van der Waals surface area contributed by atoms with Crippen LogP contribution in [0.1, 0.15) is 0 Å². The van der Waals surface area contributed by atoms with E-state index in [1.807, 2.05) is 12.1 Å². The normalized spacial score (nSPS) is 11.9. The Morgan fingerprint density at radius 1 is 0.971 bits per heavy atom. The first kappa shape index (κ1) is 21.4. The highest BCUT2D eigenvalue weighted by molar-refractivity contribution is 5.83. The number of carbonyl (C=O) groups excluding carboxylic acids is 1. The van der Waals surface area contributed by atoms with E-state index < -0.39 is 30.9 Å². The molecule has 0 aliphatic rings. The van der Waals surface area contributed by atoms with Crippen LogP contribution in [0.25, 0.3) is 33.4 Å². The number of para-hydroxylation sites is 2. The Balaban J connectivity index is 1.51. The summed E-state index contributed by atoms with van der Waals surface area (Å²) < 4.78 is 41.6. The standard InChI is InChI=1S/C23H17F3N6O2/c24-23(25,26)14-28-21(33)13-30-18-3-1-2-4-19(18)32(22(30)34)16-7-5-15(6-8-16)17-11-29-31-10-9-27-12-20(17)31/h1-12H,13-14H2,(H,28,33). The Bertz CT molecular complexity index is 1560. The fourth-order valence-electron chi connectivity index (χ4n) is 3.86. The molecule has 3 aromatic heterocycles. The zero-order valence-corrected chi connectivity index (χ0v) is 17.5. The molecule has 0 unspecified atom stereocenters. The maximum atomic E-state index is 13.2. The molecule has 0 fully saturated rings. The van der Waals surface area contributed by atoms with Crippen molar-refractivity contribution in [2.45, 2.75) is 12.7 Å². The molecule has 5 rings (SSSR count). The first-order valence-corrected chi connectivity index (χ1v) is 10.2. The van der Waals surface area contributed by atoms with Crippen molar-refractivity contribution in [2.75, 3.05) is 6.54 Å². The minimum absolute atomic E-state index is 0.437. The molecule has 0 saturated carbocycles. The lowest BCUT2D eigenvalue weighted by Gasteiger charge is -2.08. The van der Waals surface area contributed by atoms with Crippen molar-refractivity contribution in [3.63, 3.8) is 0 Å². The number of nitrogens with one attached hydrogen (secondary N) is 1. The average molecular weight is 466 g/mol. The number of hydrogen-bond acceptors (Lipinski definition) is 4. The molecule has 0 radical (unpaired) electrons. The molecule has 0 bridgehead atoms. The summed E-state index contributed by atoms with van der Waals surface area (Å²) in [5.41, 5.74) is 3.56. The molecule has 11 heteroatoms. The molecule has 34 heavy (non-hydrogen) atoms. The van der Waals surface area contributed by atoms with E-state index in [0.717, 1.165) is 21.2 Å². The van der Waals surface area contributed by atoms with Gasteiger partial charge in [0.25, 0.3) is 0 Å². The fourth-order valence-corrected chi connectivity index (χ4v) is 3.86. The molecule has 172 valence electrons. The third-order valence-electron chi connectivity index (χ3n) is 5.38. The van der Waals surface area contributed by atoms with Crippen molar-refractivity contribution in [3.8, 4) is 16.8 Å². The number of aromatic nitrogens is 5. The van der Waals surface area contributed by atoms with Gasteiger partial charge in [-0.3, -0.25) is 18.9 Å². The van der Waals surface area contributed by atoms with Crippen molar-refractivity contribution in [1.29, 1.82) is 0 Å². The van der Waals surface area contributed by atoms with E-state index in [9.17, 15) is 22.8 Å². The molecule has 3 heterocycles. The SMILES string of the molecule is O=C(Cn1c(=O)n(-c2ccc(-c3cnn4ccncc34)cc2)c2ccccc21)NCC(F)(F)F. The van der Waals surface area contributed by atoms with Gasteiger partial charge >= 0.3 is 11.9 Å². The van der Waals surface area contributed by atoms with E-state index in [-0.39, 0.29) is 0 Å². The number of fused-ring (bicyclic) bond motifs is 2. The third-order valence-corrected chi connectivity index (χ3v) is 5.38. The molecule has 1 amide bonds. The van der Waals surface area contributed by atoms with Gasteiger partial charge in [-0.2, -0.15) is 18.3 Å². The molecular formula is C23H17F3N6O2. The number of nitrogens with zero attached hydrogens (tertiary/aromatic N) is 5. The van der Waals surface area contributed by atoms with Crippen LogP contribution < -0.4 is 11.0 Å². The summed E-state index contributed by atoms with van der Waals surface area (Å²) in [4.78, 5) is 29.4. The number of carbonyl (C=O) groups is 1. The Kier molecular flexibility index (Phi) is 5.16. The van der Waals surface area contributed by atoms with Crippen molar-refractivity contribution in [2.24, 2.45) is 0 Å². The average Bonchev–Trinajstić information content (AvgIpc) is 3.37. The van der Waals surface area contributed by atoms with Gasteiger partial charge in [0.15, 0.2) is 0 Å². The summed E-state index contributed by atoms with van der Waals surface area (Å²) in [7, 11) is 0. The second-order valence-corrected chi connectivity index (χ2v) is 7.60. The summed E-state index contributed by atoms with van der Waals surface area (Å²) in [6, 6.07) is 14.0. The van der Waals surface area contributed by atoms with Crippen LogP contribution >= 0.6 is 0 Å². The molecule has 0 aliphatic heterocycles. The van der Waals surface area contributed by atoms with Gasteiger partial charge in [0.2, 0.25) is 5.91 Å². The van der Waals surface area contributed by atoms with Crippen molar-refractivity contribution in [3.05, 3.63) is 83.8 Å². The van der Waals surface area contributed by atoms with Gasteiger partial charge in [-0.05, 0) is 29.8 Å². The highest BCUT2D eigenvalue weighted by Gasteiger charge is 2.28. The number of benzene rings is 2. The second kappa shape index (κ2) is 8.18. The minimum Gasteiger partial charge on any atom is -0.345 e. The smallest absolute Gasteiger partial charge is 0.345 e. The molecule has 8 nitrogen and oxygen atoms in total. The van der Waals surface area contributed by atoms with Crippen molar-refractivity contribution < 1.29 is 18.0 Å². The first-order chi connectivity index (χ1) is 16.3. The van der Waals surface area contributed by atoms with E-state index in [1.165, 1.54) is 4.57 Å². The first-order valence-electron chi connectivity index (χ1n) is 10.2. The van der Waals surface area contributed by atoms with E-state index in [4.69, 9.17) is 0 Å². The van der Waals surface area contributed by atoms with Crippen LogP contribution in [0.15, 0.2) is 78.1 Å². The van der Waals surface area contributed by atoms with Gasteiger partial charge in [0.1, 0.15) is 13.1 Å². The summed E-state index contributed by atoms with van der Waals surface area (Å²) in [5.74, 6) is -0.903. The Hall–Kier alpha value is -4.41. The quantitative estimate of drug-likeness (QED) is 0.431. The molecule has 2 aromatic carbocycles. The molecular weight excluding hydrogens is 449 g/mol. The van der Waals surface area contributed by atoms with Crippen molar-refractivity contribution >= 4 is 22.5 Å². The number of hydrogen-bond donors (Lipinski definition) is 1. The van der Waals surface area contributed by atoms with Gasteiger partial charge in [-0.25, -0.2) is 9.31 Å². The third kappa shape index (κ3) is 3.91. The van der Waals surface area contributed by atoms with Crippen molar-refractivity contribution in [1.82, 2.24) is 29.0 Å². The van der Waals surface area contributed by atoms with E-state index >= 15 is 0 Å². The Labute approximate surface area is 189 Å². The van der Waals surface area contributed by atoms with Crippen LogP contribution in [0.2, 0.25) is 0 Å². The summed E-state index contributed by atoms with van der Waals surface area (Å²) >= 11 is 0. The topological polar surface area (TPSA) is 86.2 Å². The van der Waals surface area contributed by atoms with E-state index in [2.05, 4.69) is 10.1 Å². The van der Waals surface area contributed by atoms with Crippen LogP contribution in [0.5, 0.6) is 0 Å². The monoisotopic (exact) mass is 466 g/mol. The van der Waals surface area contributed by atoms with Gasteiger partial charge in [0.05, 0.1) is 34.6 Å². The van der Waals surface area contributed by atoms with Gasteiger partial charge in [-0.1, -0.05) is 24.3 Å². The lowest BCUT2D eigenvalue weighted by molar-refractivity contribution is -0.138. The Morgan fingerprint density at radius 3 is 2.44 bits per heavy atom. The minimum atomic E-state index is -4.53. The van der Waals surface area contributed by atoms with E-state index in [1.54, 1.807) is 71.0 Å². The Morgan fingerprint density at radius 2 is 1.71 bits per heavy atom. The lowest BCUT2D eigenvalue weighted by Crippen LogP contribution is -2.37. The maximum Gasteiger partial charge on any atom is 0.405 e. The zero-order valence-electron chi connectivity index (χ0n) is 17.5. The highest BCUT2D eigenvalue weighted by atomic mass is 19.4. The molecule has 0 atom stereocenters. The molecule has 1 N–H and O–H groups in total. The van der Waals surface area contributed by atoms with Crippen LogP contribution in [-0.2, 0) is 11.3 Å². The highest BCUT2D eigenvalue weighted by Crippen LogP contribution is 2.26. The fraction of sp³-hybridized carbons (Fsp3) is 0.130. The number of alkyl halides is 3. The molecule has 0 spiro atoms. The predicted molar refractivity (Wildman–Crippen MR) is 119 cm³/mol. The van der Waals surface area contributed by atoms with Crippen LogP contribution in [0, 0.1) is 0 Å². The number of amides is 1. The molecule has 0 saturated heterocycles. The molecule has 5 aromatic rings. The van der Waals surface area contributed by atoms with Gasteiger partial charge in [0, 0.05) is 18.0 Å². The van der Waals surface area contributed by atoms with Crippen LogP contribution in [0.3, 0.4) is 0 Å². The largest absolute Gasteiger partial charge is 0.405 e. The predicted octanol–water partition coefficient (Wildman–Crippen LogP) is 3.18. The number of halogens is 3. The number of imidazole rings is 1. The second-order valence-electron chi connectivity index (χ2n) is 7.60. The van der Waals surface area contributed by atoms with E-state index in [0.29, 0.717) is 16.7 Å². The summed E-state index contributed by atoms with van der Waals surface area (Å²) in [6.45, 7) is -1.99. The zero-order chi connectivity index (χ0) is 23.9. The maximum absolute atomic E-state index is 13.2. The summed E-state index contributed by atoms with van der Waals surface area (Å²) in [5, 5.41) is 6.11. The number of rotatable bonds is 5. The van der Waals surface area contributed by atoms with Crippen LogP contribution in [-0.4, -0.2) is 42.4 Å². The van der Waals surface area contributed by atoms with Crippen LogP contribution in [0.4, 0.5) is 13.2 Å². The van der Waals surface area contributed by atoms with Gasteiger partial charge < -0.3 is 5.32 Å². The lowest BCUT2D eigenvalue weighted by atomic mass is 10.1.